The monoisotopic (exact) mass is 325 g/mol. The largest absolute Gasteiger partial charge is 0.367 e. The van der Waals surface area contributed by atoms with Gasteiger partial charge in [0.15, 0.2) is 6.29 Å². The van der Waals surface area contributed by atoms with Gasteiger partial charge in [0.1, 0.15) is 5.82 Å². The zero-order valence-electron chi connectivity index (χ0n) is 13.2. The van der Waals surface area contributed by atoms with E-state index in [0.29, 0.717) is 19.3 Å². The van der Waals surface area contributed by atoms with Crippen LogP contribution in [-0.4, -0.2) is 35.5 Å². The number of anilines is 1. The maximum atomic E-state index is 5.93. The van der Waals surface area contributed by atoms with Gasteiger partial charge in [-0.3, -0.25) is 0 Å². The molecule has 1 aromatic heterocycles. The second-order valence-corrected chi connectivity index (χ2v) is 5.54. The Morgan fingerprint density at radius 1 is 1.32 bits per heavy atom. The Balaban J connectivity index is 2.10. The standard InChI is InChI=1S/C16H24ClN3O2/c1-3-21-14(22-4-2)10-9-12-11-18-16(17)20-15(12)19-13-7-5-6-8-13/h9-11,13-14H,3-8H2,1-2H3,(H,18,19,20)/b10-9+. The zero-order valence-corrected chi connectivity index (χ0v) is 14.0. The van der Waals surface area contributed by atoms with Crippen LogP contribution in [0.1, 0.15) is 45.1 Å². The van der Waals surface area contributed by atoms with Crippen LogP contribution in [0.5, 0.6) is 0 Å². The van der Waals surface area contributed by atoms with Crippen molar-refractivity contribution in [3.63, 3.8) is 0 Å². The van der Waals surface area contributed by atoms with Crippen LogP contribution >= 0.6 is 11.6 Å². The highest BCUT2D eigenvalue weighted by atomic mass is 35.5. The number of nitrogens with one attached hydrogen (secondary N) is 1. The van der Waals surface area contributed by atoms with Crippen LogP contribution in [-0.2, 0) is 9.47 Å². The van der Waals surface area contributed by atoms with Gasteiger partial charge in [-0.2, -0.15) is 0 Å². The third-order valence-corrected chi connectivity index (χ3v) is 3.76. The van der Waals surface area contributed by atoms with E-state index in [1.54, 1.807) is 6.20 Å². The molecule has 0 saturated heterocycles. The molecule has 1 saturated carbocycles. The van der Waals surface area contributed by atoms with Gasteiger partial charge in [0.25, 0.3) is 0 Å². The maximum absolute atomic E-state index is 5.93. The van der Waals surface area contributed by atoms with Crippen molar-refractivity contribution in [1.29, 1.82) is 0 Å². The van der Waals surface area contributed by atoms with Gasteiger partial charge in [-0.1, -0.05) is 12.8 Å². The van der Waals surface area contributed by atoms with E-state index in [1.807, 2.05) is 26.0 Å². The van der Waals surface area contributed by atoms with Crippen molar-refractivity contribution in [1.82, 2.24) is 9.97 Å². The Hall–Kier alpha value is -1.17. The van der Waals surface area contributed by atoms with Crippen LogP contribution in [0.3, 0.4) is 0 Å². The first-order chi connectivity index (χ1) is 10.7. The Bertz CT molecular complexity index is 484. The molecule has 6 heteroatoms. The van der Waals surface area contributed by atoms with Crippen LogP contribution in [0.4, 0.5) is 5.82 Å². The van der Waals surface area contributed by atoms with E-state index in [1.165, 1.54) is 25.7 Å². The molecule has 0 spiro atoms. The fourth-order valence-electron chi connectivity index (χ4n) is 2.54. The fraction of sp³-hybridized carbons (Fsp3) is 0.625. The maximum Gasteiger partial charge on any atom is 0.224 e. The molecule has 1 aliphatic carbocycles. The Kier molecular flexibility index (Phi) is 7.09. The van der Waals surface area contributed by atoms with Crippen molar-refractivity contribution in [2.45, 2.75) is 51.9 Å². The lowest BCUT2D eigenvalue weighted by atomic mass is 10.2. The predicted molar refractivity (Wildman–Crippen MR) is 89.0 cm³/mol. The van der Waals surface area contributed by atoms with Crippen molar-refractivity contribution >= 4 is 23.5 Å². The normalized spacial score (nSPS) is 16.0. The van der Waals surface area contributed by atoms with Gasteiger partial charge in [-0.05, 0) is 50.4 Å². The molecule has 2 rings (SSSR count). The Labute approximate surface area is 137 Å². The van der Waals surface area contributed by atoms with E-state index in [4.69, 9.17) is 21.1 Å². The molecule has 1 aromatic rings. The fourth-order valence-corrected chi connectivity index (χ4v) is 2.67. The summed E-state index contributed by atoms with van der Waals surface area (Å²) in [6, 6.07) is 0.465. The molecule has 5 nitrogen and oxygen atoms in total. The summed E-state index contributed by atoms with van der Waals surface area (Å²) in [6.45, 7) is 5.08. The van der Waals surface area contributed by atoms with E-state index in [2.05, 4.69) is 15.3 Å². The summed E-state index contributed by atoms with van der Waals surface area (Å²) in [5, 5.41) is 3.72. The minimum atomic E-state index is -0.356. The molecule has 1 fully saturated rings. The van der Waals surface area contributed by atoms with Gasteiger partial charge >= 0.3 is 0 Å². The molecule has 1 aliphatic rings. The molecular formula is C16H24ClN3O2. The SMILES string of the molecule is CCOC(/C=C/c1cnc(Cl)nc1NC1CCCC1)OCC. The van der Waals surface area contributed by atoms with Crippen molar-refractivity contribution < 1.29 is 9.47 Å². The molecule has 0 bridgehead atoms. The van der Waals surface area contributed by atoms with Gasteiger partial charge in [0.2, 0.25) is 5.28 Å². The van der Waals surface area contributed by atoms with Crippen LogP contribution < -0.4 is 5.32 Å². The third-order valence-electron chi connectivity index (χ3n) is 3.58. The highest BCUT2D eigenvalue weighted by Crippen LogP contribution is 2.24. The van der Waals surface area contributed by atoms with Crippen LogP contribution in [0.15, 0.2) is 12.3 Å². The molecule has 1 N–H and O–H groups in total. The number of nitrogens with zero attached hydrogens (tertiary/aromatic N) is 2. The zero-order chi connectivity index (χ0) is 15.8. The summed E-state index contributed by atoms with van der Waals surface area (Å²) < 4.78 is 11.0. The Morgan fingerprint density at radius 3 is 2.64 bits per heavy atom. The van der Waals surface area contributed by atoms with E-state index in [-0.39, 0.29) is 11.6 Å². The molecule has 0 aliphatic heterocycles. The molecule has 122 valence electrons. The van der Waals surface area contributed by atoms with Gasteiger partial charge < -0.3 is 14.8 Å². The number of rotatable bonds is 8. The lowest BCUT2D eigenvalue weighted by Gasteiger charge is -2.15. The molecule has 0 amide bonds. The lowest BCUT2D eigenvalue weighted by molar-refractivity contribution is -0.103. The highest BCUT2D eigenvalue weighted by molar-refractivity contribution is 6.28. The summed E-state index contributed by atoms with van der Waals surface area (Å²) in [7, 11) is 0. The second kappa shape index (κ2) is 9.08. The van der Waals surface area contributed by atoms with E-state index < -0.39 is 0 Å². The first-order valence-electron chi connectivity index (χ1n) is 7.93. The van der Waals surface area contributed by atoms with Crippen molar-refractivity contribution in [2.75, 3.05) is 18.5 Å². The molecule has 0 unspecified atom stereocenters. The number of hydrogen-bond donors (Lipinski definition) is 1. The molecule has 0 aromatic carbocycles. The molecule has 22 heavy (non-hydrogen) atoms. The summed E-state index contributed by atoms with van der Waals surface area (Å²) in [6.07, 6.45) is 10.0. The van der Waals surface area contributed by atoms with Gasteiger partial charge in [0, 0.05) is 31.0 Å². The van der Waals surface area contributed by atoms with Crippen molar-refractivity contribution in [3.8, 4) is 0 Å². The minimum Gasteiger partial charge on any atom is -0.367 e. The quantitative estimate of drug-likeness (QED) is 0.580. The number of hydrogen-bond acceptors (Lipinski definition) is 5. The molecule has 0 radical (unpaired) electrons. The number of halogens is 1. The van der Waals surface area contributed by atoms with Crippen molar-refractivity contribution in [2.24, 2.45) is 0 Å². The Morgan fingerprint density at radius 2 is 2.00 bits per heavy atom. The van der Waals surface area contributed by atoms with Crippen LogP contribution in [0.25, 0.3) is 6.08 Å². The summed E-state index contributed by atoms with van der Waals surface area (Å²) >= 11 is 5.93. The molecule has 0 atom stereocenters. The number of ether oxygens (including phenoxy) is 2. The lowest BCUT2D eigenvalue weighted by Crippen LogP contribution is -2.17. The van der Waals surface area contributed by atoms with Crippen LogP contribution in [0, 0.1) is 0 Å². The van der Waals surface area contributed by atoms with Crippen molar-refractivity contribution in [3.05, 3.63) is 23.1 Å². The molecule has 1 heterocycles. The van der Waals surface area contributed by atoms with E-state index in [0.717, 1.165) is 11.4 Å². The summed E-state index contributed by atoms with van der Waals surface area (Å²) in [5.41, 5.74) is 0.890. The average molecular weight is 326 g/mol. The summed E-state index contributed by atoms with van der Waals surface area (Å²) in [4.78, 5) is 8.38. The summed E-state index contributed by atoms with van der Waals surface area (Å²) in [5.74, 6) is 0.773. The average Bonchev–Trinajstić information content (AvgIpc) is 3.00. The van der Waals surface area contributed by atoms with Gasteiger partial charge in [-0.25, -0.2) is 9.97 Å². The minimum absolute atomic E-state index is 0.254. The highest BCUT2D eigenvalue weighted by Gasteiger charge is 2.16. The van der Waals surface area contributed by atoms with Gasteiger partial charge in [0.05, 0.1) is 0 Å². The smallest absolute Gasteiger partial charge is 0.224 e. The van der Waals surface area contributed by atoms with Crippen LogP contribution in [0.2, 0.25) is 5.28 Å². The van der Waals surface area contributed by atoms with Gasteiger partial charge in [-0.15, -0.1) is 0 Å². The molecular weight excluding hydrogens is 302 g/mol. The first kappa shape index (κ1) is 17.2. The van der Waals surface area contributed by atoms with E-state index >= 15 is 0 Å². The first-order valence-corrected chi connectivity index (χ1v) is 8.31. The second-order valence-electron chi connectivity index (χ2n) is 5.21. The third kappa shape index (κ3) is 5.23. The topological polar surface area (TPSA) is 56.3 Å². The number of aromatic nitrogens is 2. The van der Waals surface area contributed by atoms with E-state index in [9.17, 15) is 0 Å². The predicted octanol–water partition coefficient (Wildman–Crippen LogP) is 3.90.